The van der Waals surface area contributed by atoms with E-state index in [-0.39, 0.29) is 29.1 Å². The Morgan fingerprint density at radius 2 is 2.08 bits per heavy atom. The zero-order valence-corrected chi connectivity index (χ0v) is 13.8. The fourth-order valence-corrected chi connectivity index (χ4v) is 2.65. The SMILES string of the molecule is O=C(O)COc1ccc(NC(=O)CN2CCCCCC2=O)cc1Cl. The number of nitrogens with zero attached hydrogens (tertiary/aromatic N) is 1. The van der Waals surface area contributed by atoms with Crippen molar-refractivity contribution in [1.29, 1.82) is 0 Å². The Kier molecular flexibility index (Phi) is 6.43. The molecule has 1 aliphatic rings. The van der Waals surface area contributed by atoms with E-state index in [0.717, 1.165) is 19.3 Å². The molecule has 24 heavy (non-hydrogen) atoms. The van der Waals surface area contributed by atoms with Gasteiger partial charge in [0.2, 0.25) is 11.8 Å². The van der Waals surface area contributed by atoms with Gasteiger partial charge in [0.25, 0.3) is 0 Å². The van der Waals surface area contributed by atoms with Crippen LogP contribution in [0.3, 0.4) is 0 Å². The van der Waals surface area contributed by atoms with Crippen molar-refractivity contribution in [3.63, 3.8) is 0 Å². The number of benzene rings is 1. The van der Waals surface area contributed by atoms with Crippen molar-refractivity contribution in [3.05, 3.63) is 23.2 Å². The molecule has 0 saturated carbocycles. The van der Waals surface area contributed by atoms with Crippen LogP contribution in [-0.2, 0) is 14.4 Å². The molecule has 1 fully saturated rings. The average molecular weight is 355 g/mol. The summed E-state index contributed by atoms with van der Waals surface area (Å²) in [5.74, 6) is -1.19. The van der Waals surface area contributed by atoms with Crippen LogP contribution in [0.1, 0.15) is 25.7 Å². The maximum Gasteiger partial charge on any atom is 0.341 e. The third kappa shape index (κ3) is 5.42. The maximum atomic E-state index is 12.1. The van der Waals surface area contributed by atoms with E-state index >= 15 is 0 Å². The Bertz CT molecular complexity index is 635. The highest BCUT2D eigenvalue weighted by Gasteiger charge is 2.19. The zero-order valence-electron chi connectivity index (χ0n) is 13.1. The molecule has 0 spiro atoms. The van der Waals surface area contributed by atoms with Gasteiger partial charge in [0, 0.05) is 18.7 Å². The van der Waals surface area contributed by atoms with E-state index in [4.69, 9.17) is 21.4 Å². The smallest absolute Gasteiger partial charge is 0.341 e. The molecule has 1 heterocycles. The van der Waals surface area contributed by atoms with Gasteiger partial charge in [-0.2, -0.15) is 0 Å². The van der Waals surface area contributed by atoms with Crippen molar-refractivity contribution in [2.45, 2.75) is 25.7 Å². The van der Waals surface area contributed by atoms with Crippen LogP contribution in [0.2, 0.25) is 5.02 Å². The molecule has 2 N–H and O–H groups in total. The van der Waals surface area contributed by atoms with Crippen LogP contribution in [-0.4, -0.2) is 47.5 Å². The lowest BCUT2D eigenvalue weighted by Gasteiger charge is -2.19. The summed E-state index contributed by atoms with van der Waals surface area (Å²) in [7, 11) is 0. The van der Waals surface area contributed by atoms with Crippen molar-refractivity contribution in [2.24, 2.45) is 0 Å². The Morgan fingerprint density at radius 1 is 1.29 bits per heavy atom. The number of anilines is 1. The van der Waals surface area contributed by atoms with Crippen LogP contribution >= 0.6 is 11.6 Å². The molecule has 0 radical (unpaired) electrons. The lowest BCUT2D eigenvalue weighted by atomic mass is 10.2. The first-order valence-corrected chi connectivity index (χ1v) is 8.05. The summed E-state index contributed by atoms with van der Waals surface area (Å²) >= 11 is 6.00. The number of rotatable bonds is 6. The summed E-state index contributed by atoms with van der Waals surface area (Å²) in [5.41, 5.74) is 0.454. The second-order valence-corrected chi connectivity index (χ2v) is 5.91. The van der Waals surface area contributed by atoms with E-state index in [1.165, 1.54) is 12.1 Å². The number of carbonyl (C=O) groups excluding carboxylic acids is 2. The van der Waals surface area contributed by atoms with Gasteiger partial charge in [-0.05, 0) is 31.0 Å². The van der Waals surface area contributed by atoms with Gasteiger partial charge in [-0.15, -0.1) is 0 Å². The first-order valence-electron chi connectivity index (χ1n) is 7.67. The van der Waals surface area contributed by atoms with E-state index in [1.807, 2.05) is 0 Å². The van der Waals surface area contributed by atoms with E-state index < -0.39 is 12.6 Å². The minimum absolute atomic E-state index is 0.00176. The monoisotopic (exact) mass is 354 g/mol. The first kappa shape index (κ1) is 18.1. The molecule has 2 rings (SSSR count). The minimum atomic E-state index is -1.11. The molecule has 0 aliphatic carbocycles. The van der Waals surface area contributed by atoms with Gasteiger partial charge < -0.3 is 20.1 Å². The largest absolute Gasteiger partial charge is 0.480 e. The fraction of sp³-hybridized carbons (Fsp3) is 0.438. The quantitative estimate of drug-likeness (QED) is 0.816. The second-order valence-electron chi connectivity index (χ2n) is 5.50. The number of carbonyl (C=O) groups is 3. The molecule has 1 aromatic carbocycles. The van der Waals surface area contributed by atoms with Crippen LogP contribution < -0.4 is 10.1 Å². The normalized spacial score (nSPS) is 14.9. The average Bonchev–Trinajstić information content (AvgIpc) is 2.71. The molecule has 1 saturated heterocycles. The van der Waals surface area contributed by atoms with Crippen molar-refractivity contribution in [1.82, 2.24) is 4.90 Å². The number of amides is 2. The van der Waals surface area contributed by atoms with Gasteiger partial charge in [-0.3, -0.25) is 9.59 Å². The van der Waals surface area contributed by atoms with Crippen LogP contribution in [0, 0.1) is 0 Å². The number of aliphatic carboxylic acids is 1. The molecular formula is C16H19ClN2O5. The minimum Gasteiger partial charge on any atom is -0.480 e. The standard InChI is InChI=1S/C16H19ClN2O5/c17-12-8-11(5-6-13(12)24-10-16(22)23)18-14(20)9-19-7-3-1-2-4-15(19)21/h5-6,8H,1-4,7,9-10H2,(H,18,20)(H,22,23). The Hall–Kier alpha value is -2.28. The molecule has 1 aromatic rings. The number of likely N-dealkylation sites (tertiary alicyclic amines) is 1. The van der Waals surface area contributed by atoms with Crippen molar-refractivity contribution >= 4 is 35.1 Å². The van der Waals surface area contributed by atoms with Gasteiger partial charge in [0.05, 0.1) is 11.6 Å². The van der Waals surface area contributed by atoms with Crippen LogP contribution in [0.15, 0.2) is 18.2 Å². The summed E-state index contributed by atoms with van der Waals surface area (Å²) in [6.07, 6.45) is 3.25. The van der Waals surface area contributed by atoms with E-state index in [2.05, 4.69) is 5.32 Å². The van der Waals surface area contributed by atoms with Gasteiger partial charge in [-0.25, -0.2) is 4.79 Å². The molecule has 1 aliphatic heterocycles. The highest BCUT2D eigenvalue weighted by Crippen LogP contribution is 2.27. The zero-order chi connectivity index (χ0) is 17.5. The summed E-state index contributed by atoms with van der Waals surface area (Å²) in [6, 6.07) is 4.52. The Labute approximate surface area is 144 Å². The number of nitrogens with one attached hydrogen (secondary N) is 1. The first-order chi connectivity index (χ1) is 11.5. The highest BCUT2D eigenvalue weighted by molar-refractivity contribution is 6.32. The lowest BCUT2D eigenvalue weighted by molar-refractivity contribution is -0.139. The van der Waals surface area contributed by atoms with Crippen molar-refractivity contribution in [2.75, 3.05) is 25.0 Å². The lowest BCUT2D eigenvalue weighted by Crippen LogP contribution is -2.37. The summed E-state index contributed by atoms with van der Waals surface area (Å²) in [5, 5.41) is 11.4. The van der Waals surface area contributed by atoms with Gasteiger partial charge in [0.15, 0.2) is 6.61 Å². The molecule has 2 amide bonds. The number of carboxylic acid groups (broad SMARTS) is 1. The summed E-state index contributed by atoms with van der Waals surface area (Å²) in [6.45, 7) is 0.102. The van der Waals surface area contributed by atoms with Crippen LogP contribution in [0.4, 0.5) is 5.69 Å². The number of ether oxygens (including phenoxy) is 1. The Morgan fingerprint density at radius 3 is 2.79 bits per heavy atom. The van der Waals surface area contributed by atoms with E-state index in [0.29, 0.717) is 18.7 Å². The fourth-order valence-electron chi connectivity index (χ4n) is 2.41. The number of hydrogen-bond acceptors (Lipinski definition) is 4. The van der Waals surface area contributed by atoms with Crippen LogP contribution in [0.25, 0.3) is 0 Å². The van der Waals surface area contributed by atoms with E-state index in [9.17, 15) is 14.4 Å². The van der Waals surface area contributed by atoms with Crippen LogP contribution in [0.5, 0.6) is 5.75 Å². The second kappa shape index (κ2) is 8.54. The predicted molar refractivity (Wildman–Crippen MR) is 88.3 cm³/mol. The molecule has 0 aromatic heterocycles. The predicted octanol–water partition coefficient (Wildman–Crippen LogP) is 2.14. The highest BCUT2D eigenvalue weighted by atomic mass is 35.5. The molecule has 7 nitrogen and oxygen atoms in total. The summed E-state index contributed by atoms with van der Waals surface area (Å²) in [4.78, 5) is 36.0. The molecular weight excluding hydrogens is 336 g/mol. The van der Waals surface area contributed by atoms with Gasteiger partial charge in [-0.1, -0.05) is 18.0 Å². The molecule has 130 valence electrons. The number of hydrogen-bond donors (Lipinski definition) is 2. The maximum absolute atomic E-state index is 12.1. The third-order valence-corrected chi connectivity index (χ3v) is 3.87. The Balaban J connectivity index is 1.92. The molecule has 8 heteroatoms. The number of carboxylic acids is 1. The van der Waals surface area contributed by atoms with Crippen molar-refractivity contribution in [3.8, 4) is 5.75 Å². The summed E-state index contributed by atoms with van der Waals surface area (Å²) < 4.78 is 5.01. The molecule has 0 bridgehead atoms. The van der Waals surface area contributed by atoms with E-state index in [1.54, 1.807) is 11.0 Å². The van der Waals surface area contributed by atoms with Gasteiger partial charge in [0.1, 0.15) is 5.75 Å². The molecule has 0 unspecified atom stereocenters. The third-order valence-electron chi connectivity index (χ3n) is 3.57. The van der Waals surface area contributed by atoms with Gasteiger partial charge >= 0.3 is 5.97 Å². The van der Waals surface area contributed by atoms with Crippen molar-refractivity contribution < 1.29 is 24.2 Å². The topological polar surface area (TPSA) is 95.9 Å². The number of halogens is 1. The molecule has 0 atom stereocenters.